The summed E-state index contributed by atoms with van der Waals surface area (Å²) in [7, 11) is -3.76. The molecule has 0 aliphatic heterocycles. The van der Waals surface area contributed by atoms with Gasteiger partial charge in [0, 0.05) is 10.9 Å². The highest BCUT2D eigenvalue weighted by atomic mass is 35.5. The van der Waals surface area contributed by atoms with Crippen LogP contribution in [0.4, 0.5) is 5.69 Å². The quantitative estimate of drug-likeness (QED) is 0.616. The first-order valence-electron chi connectivity index (χ1n) is 10.0. The van der Waals surface area contributed by atoms with Gasteiger partial charge in [-0.25, -0.2) is 13.6 Å². The Bertz CT molecular complexity index is 1030. The Kier molecular flexibility index (Phi) is 6.45. The van der Waals surface area contributed by atoms with Crippen molar-refractivity contribution in [2.24, 2.45) is 16.5 Å². The average molecular weight is 451 g/mol. The minimum Gasteiger partial charge on any atom is -0.492 e. The Morgan fingerprint density at radius 2 is 1.77 bits per heavy atom. The van der Waals surface area contributed by atoms with Crippen LogP contribution in [0.25, 0.3) is 0 Å². The predicted octanol–water partition coefficient (Wildman–Crippen LogP) is 4.54. The highest BCUT2D eigenvalue weighted by molar-refractivity contribution is 7.89. The van der Waals surface area contributed by atoms with E-state index in [0.717, 1.165) is 18.4 Å². The summed E-state index contributed by atoms with van der Waals surface area (Å²) in [6, 6.07) is 11.6. The SMILES string of the molecule is CCOc1ccc(Cl)cc1NC(=O)C1C(c2ccc(S(N)(=O)=O)cc2)C1(CC)CC. The molecule has 0 heterocycles. The van der Waals surface area contributed by atoms with Crippen molar-refractivity contribution in [2.75, 3.05) is 11.9 Å². The summed E-state index contributed by atoms with van der Waals surface area (Å²) >= 11 is 6.12. The lowest BCUT2D eigenvalue weighted by molar-refractivity contribution is -0.118. The number of halogens is 1. The fourth-order valence-corrected chi connectivity index (χ4v) is 5.20. The van der Waals surface area contributed by atoms with Crippen LogP contribution < -0.4 is 15.2 Å². The van der Waals surface area contributed by atoms with E-state index in [-0.39, 0.29) is 28.1 Å². The van der Waals surface area contributed by atoms with Gasteiger partial charge in [0.25, 0.3) is 0 Å². The third-order valence-corrected chi connectivity index (χ3v) is 7.29. The largest absolute Gasteiger partial charge is 0.492 e. The monoisotopic (exact) mass is 450 g/mol. The second-order valence-corrected chi connectivity index (χ2v) is 9.57. The third kappa shape index (κ3) is 4.19. The highest BCUT2D eigenvalue weighted by Gasteiger charge is 2.65. The molecule has 1 fully saturated rings. The number of rotatable bonds is 8. The van der Waals surface area contributed by atoms with Gasteiger partial charge in [-0.15, -0.1) is 0 Å². The zero-order chi connectivity index (χ0) is 22.1. The van der Waals surface area contributed by atoms with Crippen LogP contribution in [-0.4, -0.2) is 20.9 Å². The summed E-state index contributed by atoms with van der Waals surface area (Å²) in [4.78, 5) is 13.3. The summed E-state index contributed by atoms with van der Waals surface area (Å²) in [5.74, 6) is 0.240. The minimum absolute atomic E-state index is 0.00300. The molecule has 30 heavy (non-hydrogen) atoms. The number of hydrogen-bond donors (Lipinski definition) is 2. The molecule has 2 unspecified atom stereocenters. The molecule has 8 heteroatoms. The Morgan fingerprint density at radius 3 is 2.30 bits per heavy atom. The lowest BCUT2D eigenvalue weighted by Crippen LogP contribution is -2.19. The maximum absolute atomic E-state index is 13.3. The molecule has 1 amide bonds. The molecule has 1 aliphatic rings. The molecule has 2 aromatic rings. The van der Waals surface area contributed by atoms with Crippen LogP contribution in [0.5, 0.6) is 5.75 Å². The smallest absolute Gasteiger partial charge is 0.238 e. The van der Waals surface area contributed by atoms with Crippen molar-refractivity contribution in [3.63, 3.8) is 0 Å². The number of amides is 1. The molecular weight excluding hydrogens is 424 g/mol. The molecule has 3 N–H and O–H groups in total. The minimum atomic E-state index is -3.76. The summed E-state index contributed by atoms with van der Waals surface area (Å²) in [5, 5.41) is 8.71. The molecule has 1 aliphatic carbocycles. The van der Waals surface area contributed by atoms with E-state index in [1.165, 1.54) is 12.1 Å². The third-order valence-electron chi connectivity index (χ3n) is 6.13. The Hall–Kier alpha value is -2.09. The maximum atomic E-state index is 13.3. The number of nitrogens with two attached hydrogens (primary N) is 1. The van der Waals surface area contributed by atoms with Gasteiger partial charge in [0.2, 0.25) is 15.9 Å². The molecule has 0 radical (unpaired) electrons. The molecule has 162 valence electrons. The van der Waals surface area contributed by atoms with Crippen molar-refractivity contribution in [3.05, 3.63) is 53.1 Å². The van der Waals surface area contributed by atoms with Crippen molar-refractivity contribution >= 4 is 33.2 Å². The van der Waals surface area contributed by atoms with E-state index in [4.69, 9.17) is 21.5 Å². The fourth-order valence-electron chi connectivity index (χ4n) is 4.51. The summed E-state index contributed by atoms with van der Waals surface area (Å²) in [6.07, 6.45) is 1.66. The van der Waals surface area contributed by atoms with E-state index in [0.29, 0.717) is 23.1 Å². The number of benzene rings is 2. The molecule has 3 rings (SSSR count). The molecule has 0 bridgehead atoms. The fraction of sp³-hybridized carbons (Fsp3) is 0.409. The molecule has 6 nitrogen and oxygen atoms in total. The first kappa shape index (κ1) is 22.6. The Morgan fingerprint density at radius 1 is 1.13 bits per heavy atom. The number of nitrogens with one attached hydrogen (secondary N) is 1. The number of primary sulfonamides is 1. The van der Waals surface area contributed by atoms with E-state index in [2.05, 4.69) is 19.2 Å². The Labute approximate surface area is 182 Å². The van der Waals surface area contributed by atoms with Crippen LogP contribution in [0, 0.1) is 11.3 Å². The van der Waals surface area contributed by atoms with Crippen LogP contribution >= 0.6 is 11.6 Å². The topological polar surface area (TPSA) is 98.5 Å². The van der Waals surface area contributed by atoms with Crippen molar-refractivity contribution in [3.8, 4) is 5.75 Å². The summed E-state index contributed by atoms with van der Waals surface area (Å²) in [5.41, 5.74) is 1.30. The lowest BCUT2D eigenvalue weighted by atomic mass is 9.93. The number of sulfonamides is 1. The van der Waals surface area contributed by atoms with E-state index in [1.807, 2.05) is 6.92 Å². The molecule has 0 saturated heterocycles. The van der Waals surface area contributed by atoms with Crippen molar-refractivity contribution in [1.29, 1.82) is 0 Å². The van der Waals surface area contributed by atoms with Crippen molar-refractivity contribution in [1.82, 2.24) is 0 Å². The standard InChI is InChI=1S/C22H27ClN2O4S/c1-4-22(5-2)19(14-7-10-16(11-8-14)30(24,27)28)20(22)21(26)25-17-13-15(23)9-12-18(17)29-6-3/h7-13,19-20H,4-6H2,1-3H3,(H,25,26)(H2,24,27,28). The van der Waals surface area contributed by atoms with Crippen LogP contribution in [0.1, 0.15) is 45.1 Å². The summed E-state index contributed by atoms with van der Waals surface area (Å²) < 4.78 is 28.7. The van der Waals surface area contributed by atoms with Gasteiger partial charge in [0.1, 0.15) is 5.75 Å². The van der Waals surface area contributed by atoms with Gasteiger partial charge in [0.05, 0.1) is 23.1 Å². The van der Waals surface area contributed by atoms with Gasteiger partial charge in [-0.1, -0.05) is 37.6 Å². The van der Waals surface area contributed by atoms with Crippen LogP contribution in [0.15, 0.2) is 47.4 Å². The molecule has 2 atom stereocenters. The van der Waals surface area contributed by atoms with E-state index < -0.39 is 10.0 Å². The zero-order valence-electron chi connectivity index (χ0n) is 17.3. The predicted molar refractivity (Wildman–Crippen MR) is 118 cm³/mol. The number of carbonyl (C=O) groups is 1. The van der Waals surface area contributed by atoms with Gasteiger partial charge in [0.15, 0.2) is 0 Å². The molecular formula is C22H27ClN2O4S. The average Bonchev–Trinajstić information content (AvgIpc) is 3.39. The van der Waals surface area contributed by atoms with Gasteiger partial charge >= 0.3 is 0 Å². The van der Waals surface area contributed by atoms with Crippen LogP contribution in [-0.2, 0) is 14.8 Å². The molecule has 2 aromatic carbocycles. The molecule has 1 saturated carbocycles. The Balaban J connectivity index is 1.89. The van der Waals surface area contributed by atoms with Crippen molar-refractivity contribution < 1.29 is 17.9 Å². The van der Waals surface area contributed by atoms with E-state index >= 15 is 0 Å². The first-order valence-corrected chi connectivity index (χ1v) is 12.0. The highest BCUT2D eigenvalue weighted by Crippen LogP contribution is 2.69. The van der Waals surface area contributed by atoms with E-state index in [1.54, 1.807) is 30.3 Å². The van der Waals surface area contributed by atoms with Gasteiger partial charge < -0.3 is 10.1 Å². The van der Waals surface area contributed by atoms with Gasteiger partial charge in [-0.3, -0.25) is 4.79 Å². The molecule has 0 spiro atoms. The van der Waals surface area contributed by atoms with Gasteiger partial charge in [-0.05, 0) is 61.1 Å². The summed E-state index contributed by atoms with van der Waals surface area (Å²) in [6.45, 7) is 6.50. The van der Waals surface area contributed by atoms with Crippen molar-refractivity contribution in [2.45, 2.75) is 44.4 Å². The normalized spacial score (nSPS) is 19.9. The van der Waals surface area contributed by atoms with E-state index in [9.17, 15) is 13.2 Å². The number of ether oxygens (including phenoxy) is 1. The maximum Gasteiger partial charge on any atom is 0.238 e. The van der Waals surface area contributed by atoms with Crippen LogP contribution in [0.3, 0.4) is 0 Å². The number of carbonyl (C=O) groups excluding carboxylic acids is 1. The van der Waals surface area contributed by atoms with Gasteiger partial charge in [-0.2, -0.15) is 0 Å². The van der Waals surface area contributed by atoms with Crippen LogP contribution in [0.2, 0.25) is 5.02 Å². The second-order valence-electron chi connectivity index (χ2n) is 7.57. The zero-order valence-corrected chi connectivity index (χ0v) is 18.9. The number of hydrogen-bond acceptors (Lipinski definition) is 4. The number of anilines is 1. The lowest BCUT2D eigenvalue weighted by Gasteiger charge is -2.14. The first-order chi connectivity index (χ1) is 14.2. The molecule has 0 aromatic heterocycles. The second kappa shape index (κ2) is 8.57.